The molecule has 3 rings (SSSR count). The summed E-state index contributed by atoms with van der Waals surface area (Å²) < 4.78 is 13.1. The molecule has 0 saturated heterocycles. The van der Waals surface area contributed by atoms with Gasteiger partial charge in [-0.25, -0.2) is 0 Å². The van der Waals surface area contributed by atoms with Crippen molar-refractivity contribution >= 4 is 18.0 Å². The SMILES string of the molecule is CCCN1CNc2c(c(=O)[nH]c(=S)n2CCc2ccc(OC)cc2OC)C1. The Hall–Kier alpha value is -2.32. The number of nitrogens with one attached hydrogen (secondary N) is 2. The maximum Gasteiger partial charge on any atom is 0.258 e. The van der Waals surface area contributed by atoms with Crippen molar-refractivity contribution in [3.63, 3.8) is 0 Å². The number of hydrogen-bond donors (Lipinski definition) is 2. The van der Waals surface area contributed by atoms with Gasteiger partial charge in [0.15, 0.2) is 4.77 Å². The fourth-order valence-electron chi connectivity index (χ4n) is 3.41. The number of nitrogens with zero attached hydrogens (tertiary/aromatic N) is 2. The van der Waals surface area contributed by atoms with Crippen molar-refractivity contribution in [3.05, 3.63) is 44.5 Å². The molecule has 0 atom stereocenters. The van der Waals surface area contributed by atoms with Crippen LogP contribution in [0.5, 0.6) is 11.5 Å². The molecular weight excluding hydrogens is 364 g/mol. The largest absolute Gasteiger partial charge is 0.497 e. The number of hydrogen-bond acceptors (Lipinski definition) is 6. The first kappa shape index (κ1) is 19.4. The molecule has 2 aromatic rings. The summed E-state index contributed by atoms with van der Waals surface area (Å²) in [6.45, 7) is 5.07. The molecule has 1 aliphatic heterocycles. The van der Waals surface area contributed by atoms with Crippen LogP contribution < -0.4 is 20.3 Å². The molecule has 0 fully saturated rings. The Kier molecular flexibility index (Phi) is 6.18. The molecule has 0 saturated carbocycles. The number of aryl methyl sites for hydroxylation is 1. The van der Waals surface area contributed by atoms with Crippen molar-refractivity contribution < 1.29 is 9.47 Å². The van der Waals surface area contributed by atoms with Crippen molar-refractivity contribution in [1.29, 1.82) is 0 Å². The van der Waals surface area contributed by atoms with E-state index in [0.29, 0.717) is 24.5 Å². The molecule has 1 aromatic heterocycles. The zero-order valence-corrected chi connectivity index (χ0v) is 16.8. The molecule has 146 valence electrons. The zero-order valence-electron chi connectivity index (χ0n) is 16.0. The Morgan fingerprint density at radius 3 is 2.74 bits per heavy atom. The fraction of sp³-hybridized carbons (Fsp3) is 0.474. The van der Waals surface area contributed by atoms with Crippen LogP contribution in [0, 0.1) is 4.77 Å². The molecule has 0 spiro atoms. The summed E-state index contributed by atoms with van der Waals surface area (Å²) in [6, 6.07) is 5.79. The van der Waals surface area contributed by atoms with Crippen LogP contribution in [-0.4, -0.2) is 41.9 Å². The Labute approximate surface area is 163 Å². The number of benzene rings is 1. The minimum Gasteiger partial charge on any atom is -0.497 e. The number of rotatable bonds is 7. The lowest BCUT2D eigenvalue weighted by Gasteiger charge is -2.30. The molecule has 0 bridgehead atoms. The van der Waals surface area contributed by atoms with Crippen LogP contribution in [0.25, 0.3) is 0 Å². The van der Waals surface area contributed by atoms with Gasteiger partial charge in [-0.15, -0.1) is 0 Å². The van der Waals surface area contributed by atoms with Crippen LogP contribution in [0.1, 0.15) is 24.5 Å². The molecule has 2 N–H and O–H groups in total. The van der Waals surface area contributed by atoms with Gasteiger partial charge in [-0.1, -0.05) is 13.0 Å². The van der Waals surface area contributed by atoms with Crippen LogP contribution in [0.3, 0.4) is 0 Å². The second kappa shape index (κ2) is 8.58. The van der Waals surface area contributed by atoms with E-state index in [0.717, 1.165) is 47.8 Å². The van der Waals surface area contributed by atoms with Crippen molar-refractivity contribution in [3.8, 4) is 11.5 Å². The molecule has 1 aromatic carbocycles. The minimum atomic E-state index is -0.110. The third-order valence-corrected chi connectivity index (χ3v) is 5.11. The lowest BCUT2D eigenvalue weighted by molar-refractivity contribution is 0.272. The van der Waals surface area contributed by atoms with Crippen LogP contribution in [0.2, 0.25) is 0 Å². The van der Waals surface area contributed by atoms with Crippen LogP contribution in [0.4, 0.5) is 5.82 Å². The van der Waals surface area contributed by atoms with E-state index in [9.17, 15) is 4.79 Å². The predicted octanol–water partition coefficient (Wildman–Crippen LogP) is 2.76. The van der Waals surface area contributed by atoms with E-state index in [-0.39, 0.29) is 5.56 Å². The average Bonchev–Trinajstić information content (AvgIpc) is 2.68. The van der Waals surface area contributed by atoms with E-state index in [4.69, 9.17) is 21.7 Å². The first-order valence-corrected chi connectivity index (χ1v) is 9.51. The highest BCUT2D eigenvalue weighted by molar-refractivity contribution is 7.71. The van der Waals surface area contributed by atoms with Crippen molar-refractivity contribution in [2.45, 2.75) is 32.9 Å². The van der Waals surface area contributed by atoms with Crippen LogP contribution in [-0.2, 0) is 19.5 Å². The topological polar surface area (TPSA) is 71.5 Å². The Morgan fingerprint density at radius 1 is 1.22 bits per heavy atom. The summed E-state index contributed by atoms with van der Waals surface area (Å²) in [6.07, 6.45) is 1.77. The van der Waals surface area contributed by atoms with Gasteiger partial charge < -0.3 is 19.4 Å². The molecule has 8 heteroatoms. The van der Waals surface area contributed by atoms with Gasteiger partial charge in [0.1, 0.15) is 17.3 Å². The summed E-state index contributed by atoms with van der Waals surface area (Å²) in [5.41, 5.74) is 1.69. The molecule has 27 heavy (non-hydrogen) atoms. The zero-order chi connectivity index (χ0) is 19.4. The first-order valence-electron chi connectivity index (χ1n) is 9.10. The van der Waals surface area contributed by atoms with Crippen molar-refractivity contribution in [2.24, 2.45) is 0 Å². The number of aromatic amines is 1. The number of anilines is 1. The summed E-state index contributed by atoms with van der Waals surface area (Å²) in [5, 5.41) is 3.38. The summed E-state index contributed by atoms with van der Waals surface area (Å²) in [5.74, 6) is 2.36. The summed E-state index contributed by atoms with van der Waals surface area (Å²) in [4.78, 5) is 17.4. The third-order valence-electron chi connectivity index (χ3n) is 4.79. The van der Waals surface area contributed by atoms with Crippen LogP contribution in [0.15, 0.2) is 23.0 Å². The Bertz CT molecular complexity index is 922. The number of aromatic nitrogens is 2. The summed E-state index contributed by atoms with van der Waals surface area (Å²) >= 11 is 5.42. The van der Waals surface area contributed by atoms with Gasteiger partial charge in [0.25, 0.3) is 5.56 Å². The summed E-state index contributed by atoms with van der Waals surface area (Å²) in [7, 11) is 3.28. The van der Waals surface area contributed by atoms with Gasteiger partial charge in [0.05, 0.1) is 26.5 Å². The van der Waals surface area contributed by atoms with E-state index >= 15 is 0 Å². The highest BCUT2D eigenvalue weighted by Crippen LogP contribution is 2.26. The van der Waals surface area contributed by atoms with Crippen molar-refractivity contribution in [1.82, 2.24) is 14.5 Å². The number of H-pyrrole nitrogens is 1. The number of methoxy groups -OCH3 is 2. The maximum atomic E-state index is 12.4. The van der Waals surface area contributed by atoms with E-state index in [1.165, 1.54) is 0 Å². The smallest absolute Gasteiger partial charge is 0.258 e. The van der Waals surface area contributed by atoms with E-state index in [1.54, 1.807) is 14.2 Å². The molecule has 2 heterocycles. The highest BCUT2D eigenvalue weighted by atomic mass is 32.1. The fourth-order valence-corrected chi connectivity index (χ4v) is 3.68. The highest BCUT2D eigenvalue weighted by Gasteiger charge is 2.21. The monoisotopic (exact) mass is 390 g/mol. The second-order valence-electron chi connectivity index (χ2n) is 6.55. The van der Waals surface area contributed by atoms with E-state index in [1.807, 2.05) is 22.8 Å². The number of fused-ring (bicyclic) bond motifs is 1. The Balaban J connectivity index is 1.87. The van der Waals surface area contributed by atoms with E-state index < -0.39 is 0 Å². The van der Waals surface area contributed by atoms with Gasteiger partial charge in [-0.05, 0) is 43.2 Å². The van der Waals surface area contributed by atoms with Gasteiger partial charge in [0.2, 0.25) is 0 Å². The Morgan fingerprint density at radius 2 is 2.04 bits per heavy atom. The van der Waals surface area contributed by atoms with Crippen molar-refractivity contribution in [2.75, 3.05) is 32.7 Å². The van der Waals surface area contributed by atoms with Crippen LogP contribution >= 0.6 is 12.2 Å². The standard InChI is InChI=1S/C19H26N4O3S/c1-4-8-22-11-15-17(20-12-22)23(19(27)21-18(15)24)9-7-13-5-6-14(25-2)10-16(13)26-3/h5-6,10,20H,4,7-9,11-12H2,1-3H3,(H,21,24,27). The molecule has 0 unspecified atom stereocenters. The van der Waals surface area contributed by atoms with Gasteiger partial charge in [-0.2, -0.15) is 0 Å². The molecular formula is C19H26N4O3S. The lowest BCUT2D eigenvalue weighted by atomic mass is 10.1. The first-order chi connectivity index (χ1) is 13.1. The molecule has 0 radical (unpaired) electrons. The van der Waals surface area contributed by atoms with Gasteiger partial charge in [0, 0.05) is 19.2 Å². The lowest BCUT2D eigenvalue weighted by Crippen LogP contribution is -2.39. The number of ether oxygens (including phenoxy) is 2. The van der Waals surface area contributed by atoms with E-state index in [2.05, 4.69) is 22.1 Å². The molecule has 1 aliphatic rings. The van der Waals surface area contributed by atoms with Gasteiger partial charge >= 0.3 is 0 Å². The quantitative estimate of drug-likeness (QED) is 0.709. The molecule has 7 nitrogen and oxygen atoms in total. The van der Waals surface area contributed by atoms with Gasteiger partial charge in [-0.3, -0.25) is 14.7 Å². The normalized spacial score (nSPS) is 13.7. The maximum absolute atomic E-state index is 12.4. The average molecular weight is 391 g/mol. The molecule has 0 amide bonds. The second-order valence-corrected chi connectivity index (χ2v) is 6.94. The predicted molar refractivity (Wildman–Crippen MR) is 108 cm³/mol. The molecule has 0 aliphatic carbocycles. The minimum absolute atomic E-state index is 0.110. The third kappa shape index (κ3) is 4.17.